The Morgan fingerprint density at radius 2 is 1.31 bits per heavy atom. The fourth-order valence-electron chi connectivity index (χ4n) is 6.31. The van der Waals surface area contributed by atoms with Crippen LogP contribution in [0.5, 0.6) is 0 Å². The van der Waals surface area contributed by atoms with Crippen LogP contribution in [0.15, 0.2) is 78.9 Å². The van der Waals surface area contributed by atoms with Gasteiger partial charge in [-0.1, -0.05) is 78.9 Å². The average molecular weight is 482 g/mol. The Labute approximate surface area is 216 Å². The predicted octanol–water partition coefficient (Wildman–Crippen LogP) is 5.70. The molecule has 5 rings (SSSR count). The van der Waals surface area contributed by atoms with Gasteiger partial charge < -0.3 is 4.90 Å². The Bertz CT molecular complexity index is 1090. The summed E-state index contributed by atoms with van der Waals surface area (Å²) in [6.07, 6.45) is 2.12. The fourth-order valence-corrected chi connectivity index (χ4v) is 6.31. The van der Waals surface area contributed by atoms with E-state index in [-0.39, 0.29) is 11.9 Å². The molecule has 0 aliphatic carbocycles. The van der Waals surface area contributed by atoms with Crippen LogP contribution in [0.1, 0.15) is 58.4 Å². The second kappa shape index (κ2) is 11.0. The number of benzene rings is 3. The number of amides is 1. The summed E-state index contributed by atoms with van der Waals surface area (Å²) in [5.41, 5.74) is 5.78. The van der Waals surface area contributed by atoms with Gasteiger partial charge in [0.05, 0.1) is 6.04 Å². The van der Waals surface area contributed by atoms with Crippen LogP contribution in [-0.4, -0.2) is 65.4 Å². The molecule has 3 aromatic rings. The zero-order valence-electron chi connectivity index (χ0n) is 21.9. The molecule has 2 heterocycles. The Morgan fingerprint density at radius 1 is 0.750 bits per heavy atom. The summed E-state index contributed by atoms with van der Waals surface area (Å²) < 4.78 is 0. The number of hydrogen-bond acceptors (Lipinski definition) is 3. The summed E-state index contributed by atoms with van der Waals surface area (Å²) in [6.45, 7) is 11.4. The van der Waals surface area contributed by atoms with E-state index in [1.54, 1.807) is 0 Å². The van der Waals surface area contributed by atoms with Gasteiger partial charge in [0, 0.05) is 50.4 Å². The molecule has 0 aromatic heterocycles. The highest BCUT2D eigenvalue weighted by molar-refractivity contribution is 5.97. The van der Waals surface area contributed by atoms with Crippen molar-refractivity contribution in [3.63, 3.8) is 0 Å². The van der Waals surface area contributed by atoms with Crippen molar-refractivity contribution in [1.29, 1.82) is 0 Å². The molecular weight excluding hydrogens is 442 g/mol. The quantitative estimate of drug-likeness (QED) is 0.467. The number of carbonyl (C=O) groups is 1. The lowest BCUT2D eigenvalue weighted by molar-refractivity contribution is 0.0172. The van der Waals surface area contributed by atoms with E-state index in [9.17, 15) is 4.79 Å². The monoisotopic (exact) mass is 481 g/mol. The van der Waals surface area contributed by atoms with Crippen molar-refractivity contribution in [3.8, 4) is 0 Å². The molecule has 2 aliphatic rings. The van der Waals surface area contributed by atoms with Crippen molar-refractivity contribution in [2.24, 2.45) is 0 Å². The summed E-state index contributed by atoms with van der Waals surface area (Å²) in [5.74, 6) is 0.204. The number of carbonyl (C=O) groups excluding carboxylic acids is 1. The minimum Gasteiger partial charge on any atom is -0.339 e. The van der Waals surface area contributed by atoms with Crippen LogP contribution >= 0.6 is 0 Å². The average Bonchev–Trinajstić information content (AvgIpc) is 2.91. The largest absolute Gasteiger partial charge is 0.339 e. The van der Waals surface area contributed by atoms with E-state index < -0.39 is 0 Å². The van der Waals surface area contributed by atoms with Crippen LogP contribution in [0.25, 0.3) is 0 Å². The summed E-state index contributed by atoms with van der Waals surface area (Å²) >= 11 is 0. The maximum absolute atomic E-state index is 13.3. The molecule has 1 amide bonds. The third-order valence-corrected chi connectivity index (χ3v) is 8.24. The van der Waals surface area contributed by atoms with Crippen LogP contribution in [0.2, 0.25) is 0 Å². The van der Waals surface area contributed by atoms with E-state index in [1.165, 1.54) is 11.1 Å². The number of piperidine rings is 1. The first-order valence-electron chi connectivity index (χ1n) is 13.5. The van der Waals surface area contributed by atoms with E-state index in [1.807, 2.05) is 32.0 Å². The van der Waals surface area contributed by atoms with Gasteiger partial charge in [-0.25, -0.2) is 0 Å². The van der Waals surface area contributed by atoms with E-state index in [4.69, 9.17) is 0 Å². The molecule has 0 spiro atoms. The summed E-state index contributed by atoms with van der Waals surface area (Å²) in [7, 11) is 0. The molecule has 2 aliphatic heterocycles. The number of nitrogens with zero attached hydrogens (tertiary/aromatic N) is 3. The minimum atomic E-state index is 0.204. The van der Waals surface area contributed by atoms with E-state index >= 15 is 0 Å². The van der Waals surface area contributed by atoms with Gasteiger partial charge in [-0.05, 0) is 55.9 Å². The van der Waals surface area contributed by atoms with Gasteiger partial charge in [0.2, 0.25) is 0 Å². The standard InChI is InChI=1S/C32H39N3O/c1-24-11-10-12-25(2)30(24)32(36)33-19-17-29(18-20-33)34-21-22-35(26(3)23-34)31(27-13-6-4-7-14-27)28-15-8-5-9-16-28/h4-16,26,29,31H,17-23H2,1-3H3. The highest BCUT2D eigenvalue weighted by Gasteiger charge is 2.35. The molecule has 188 valence electrons. The Morgan fingerprint density at radius 3 is 1.83 bits per heavy atom. The molecule has 1 unspecified atom stereocenters. The topological polar surface area (TPSA) is 26.8 Å². The first-order valence-corrected chi connectivity index (χ1v) is 13.5. The molecule has 0 N–H and O–H groups in total. The third-order valence-electron chi connectivity index (χ3n) is 8.24. The maximum Gasteiger partial charge on any atom is 0.254 e. The van der Waals surface area contributed by atoms with Crippen LogP contribution in [0.4, 0.5) is 0 Å². The van der Waals surface area contributed by atoms with Gasteiger partial charge in [0.15, 0.2) is 0 Å². The molecule has 0 radical (unpaired) electrons. The Balaban J connectivity index is 1.23. The molecule has 0 bridgehead atoms. The SMILES string of the molecule is Cc1cccc(C)c1C(=O)N1CCC(N2CCN(C(c3ccccc3)c3ccccc3)C(C)C2)CC1. The third kappa shape index (κ3) is 5.11. The first kappa shape index (κ1) is 24.7. The molecule has 36 heavy (non-hydrogen) atoms. The first-order chi connectivity index (χ1) is 17.5. The molecule has 1 atom stereocenters. The van der Waals surface area contributed by atoms with Gasteiger partial charge in [0.1, 0.15) is 0 Å². The lowest BCUT2D eigenvalue weighted by atomic mass is 9.93. The van der Waals surface area contributed by atoms with Gasteiger partial charge in [-0.15, -0.1) is 0 Å². The maximum atomic E-state index is 13.3. The van der Waals surface area contributed by atoms with Crippen LogP contribution < -0.4 is 0 Å². The number of aryl methyl sites for hydroxylation is 2. The highest BCUT2D eigenvalue weighted by atomic mass is 16.2. The van der Waals surface area contributed by atoms with Crippen molar-refractivity contribution in [2.45, 2.75) is 51.7 Å². The van der Waals surface area contributed by atoms with Gasteiger partial charge >= 0.3 is 0 Å². The molecule has 4 nitrogen and oxygen atoms in total. The lowest BCUT2D eigenvalue weighted by Crippen LogP contribution is -2.57. The molecule has 2 fully saturated rings. The molecule has 2 saturated heterocycles. The number of hydrogen-bond donors (Lipinski definition) is 0. The summed E-state index contributed by atoms with van der Waals surface area (Å²) in [6, 6.07) is 29.3. The van der Waals surface area contributed by atoms with E-state index in [2.05, 4.69) is 82.3 Å². The van der Waals surface area contributed by atoms with Crippen molar-refractivity contribution in [3.05, 3.63) is 107 Å². The Kier molecular flexibility index (Phi) is 7.54. The minimum absolute atomic E-state index is 0.204. The number of piperazine rings is 1. The second-order valence-electron chi connectivity index (χ2n) is 10.6. The smallest absolute Gasteiger partial charge is 0.254 e. The van der Waals surface area contributed by atoms with Gasteiger partial charge in [-0.3, -0.25) is 14.6 Å². The van der Waals surface area contributed by atoms with Crippen molar-refractivity contribution in [2.75, 3.05) is 32.7 Å². The summed E-state index contributed by atoms with van der Waals surface area (Å²) in [4.78, 5) is 20.7. The van der Waals surface area contributed by atoms with Gasteiger partial charge in [-0.2, -0.15) is 0 Å². The lowest BCUT2D eigenvalue weighted by Gasteiger charge is -2.48. The molecular formula is C32H39N3O. The normalized spacial score (nSPS) is 20.1. The van der Waals surface area contributed by atoms with Crippen LogP contribution in [0, 0.1) is 13.8 Å². The van der Waals surface area contributed by atoms with E-state index in [0.29, 0.717) is 12.1 Å². The number of likely N-dealkylation sites (tertiary alicyclic amines) is 1. The Hall–Kier alpha value is -2.95. The van der Waals surface area contributed by atoms with E-state index in [0.717, 1.165) is 62.3 Å². The zero-order valence-corrected chi connectivity index (χ0v) is 21.9. The fraction of sp³-hybridized carbons (Fsp3) is 0.406. The van der Waals surface area contributed by atoms with Crippen molar-refractivity contribution in [1.82, 2.24) is 14.7 Å². The zero-order chi connectivity index (χ0) is 25.1. The van der Waals surface area contributed by atoms with Crippen LogP contribution in [-0.2, 0) is 0 Å². The molecule has 0 saturated carbocycles. The van der Waals surface area contributed by atoms with Crippen molar-refractivity contribution >= 4 is 5.91 Å². The van der Waals surface area contributed by atoms with Gasteiger partial charge in [0.25, 0.3) is 5.91 Å². The summed E-state index contributed by atoms with van der Waals surface area (Å²) in [5, 5.41) is 0. The molecule has 3 aromatic carbocycles. The van der Waals surface area contributed by atoms with Crippen LogP contribution in [0.3, 0.4) is 0 Å². The highest BCUT2D eigenvalue weighted by Crippen LogP contribution is 2.33. The molecule has 4 heteroatoms. The van der Waals surface area contributed by atoms with Crippen molar-refractivity contribution < 1.29 is 4.79 Å². The number of rotatable bonds is 5. The second-order valence-corrected chi connectivity index (χ2v) is 10.6. The predicted molar refractivity (Wildman–Crippen MR) is 147 cm³/mol.